The molecule has 23 heavy (non-hydrogen) atoms. The molecule has 0 aliphatic carbocycles. The Hall–Kier alpha value is -2.50. The van der Waals surface area contributed by atoms with E-state index in [0.29, 0.717) is 19.0 Å². The van der Waals surface area contributed by atoms with E-state index in [0.717, 1.165) is 10.9 Å². The van der Waals surface area contributed by atoms with Crippen molar-refractivity contribution in [1.82, 2.24) is 9.88 Å². The number of fused-ring (bicyclic) bond motifs is 1. The number of amides is 1. The molecule has 0 unspecified atom stereocenters. The lowest BCUT2D eigenvalue weighted by Crippen LogP contribution is -2.36. The molecule has 0 radical (unpaired) electrons. The standard InChI is InChI=1S/C17H22N2O4/c1-17(2,3)23-16(21)19(4)9-10-22-15-8-5-12-11-13(20)6-7-14(12)18-15/h5-8,11,20H,9-10H2,1-4H3. The molecule has 1 heterocycles. The number of pyridine rings is 1. The molecule has 0 saturated carbocycles. The number of nitrogens with zero attached hydrogens (tertiary/aromatic N) is 2. The fraction of sp³-hybridized carbons (Fsp3) is 0.412. The largest absolute Gasteiger partial charge is 0.508 e. The number of carbonyl (C=O) groups excluding carboxylic acids is 1. The van der Waals surface area contributed by atoms with Crippen LogP contribution in [0.1, 0.15) is 20.8 Å². The van der Waals surface area contributed by atoms with Crippen LogP contribution < -0.4 is 4.74 Å². The first-order valence-electron chi connectivity index (χ1n) is 7.41. The van der Waals surface area contributed by atoms with E-state index < -0.39 is 5.60 Å². The van der Waals surface area contributed by atoms with Crippen molar-refractivity contribution >= 4 is 17.0 Å². The van der Waals surface area contributed by atoms with Crippen molar-refractivity contribution in [1.29, 1.82) is 0 Å². The van der Waals surface area contributed by atoms with Crippen molar-refractivity contribution in [3.05, 3.63) is 30.3 Å². The zero-order valence-corrected chi connectivity index (χ0v) is 13.9. The Kier molecular flexibility index (Phi) is 4.93. The van der Waals surface area contributed by atoms with Crippen LogP contribution in [0.4, 0.5) is 4.79 Å². The molecule has 0 fully saturated rings. The normalized spacial score (nSPS) is 11.3. The van der Waals surface area contributed by atoms with Gasteiger partial charge in [-0.2, -0.15) is 0 Å². The zero-order chi connectivity index (χ0) is 17.0. The molecule has 1 aromatic heterocycles. The Labute approximate surface area is 135 Å². The first-order chi connectivity index (χ1) is 10.7. The first kappa shape index (κ1) is 16.9. The SMILES string of the molecule is CN(CCOc1ccc2cc(O)ccc2n1)C(=O)OC(C)(C)C. The molecular weight excluding hydrogens is 296 g/mol. The van der Waals surface area contributed by atoms with Crippen molar-refractivity contribution in [2.75, 3.05) is 20.2 Å². The molecule has 6 heteroatoms. The maximum Gasteiger partial charge on any atom is 0.410 e. The number of aromatic nitrogens is 1. The van der Waals surface area contributed by atoms with Crippen molar-refractivity contribution in [3.63, 3.8) is 0 Å². The fourth-order valence-corrected chi connectivity index (χ4v) is 1.89. The Morgan fingerprint density at radius 1 is 1.26 bits per heavy atom. The molecule has 0 aliphatic rings. The zero-order valence-electron chi connectivity index (χ0n) is 13.9. The van der Waals surface area contributed by atoms with Gasteiger partial charge in [-0.15, -0.1) is 0 Å². The van der Waals surface area contributed by atoms with Crippen LogP contribution in [-0.2, 0) is 4.74 Å². The van der Waals surface area contributed by atoms with Gasteiger partial charge in [-0.3, -0.25) is 0 Å². The molecule has 0 saturated heterocycles. The highest BCUT2D eigenvalue weighted by atomic mass is 16.6. The summed E-state index contributed by atoms with van der Waals surface area (Å²) < 4.78 is 10.8. The van der Waals surface area contributed by atoms with Gasteiger partial charge < -0.3 is 19.5 Å². The molecule has 1 N–H and O–H groups in total. The van der Waals surface area contributed by atoms with Crippen LogP contribution in [0.3, 0.4) is 0 Å². The Balaban J connectivity index is 1.89. The summed E-state index contributed by atoms with van der Waals surface area (Å²) in [7, 11) is 1.66. The quantitative estimate of drug-likeness (QED) is 0.937. The summed E-state index contributed by atoms with van der Waals surface area (Å²) in [6.07, 6.45) is -0.386. The predicted octanol–water partition coefficient (Wildman–Crippen LogP) is 3.19. The van der Waals surface area contributed by atoms with E-state index in [2.05, 4.69) is 4.98 Å². The summed E-state index contributed by atoms with van der Waals surface area (Å²) in [6.45, 7) is 6.18. The molecule has 124 valence electrons. The maximum absolute atomic E-state index is 11.8. The monoisotopic (exact) mass is 318 g/mol. The number of ether oxygens (including phenoxy) is 2. The van der Waals surface area contributed by atoms with E-state index in [4.69, 9.17) is 9.47 Å². The average Bonchev–Trinajstić information content (AvgIpc) is 2.45. The summed E-state index contributed by atoms with van der Waals surface area (Å²) in [5.74, 6) is 0.674. The number of phenols is 1. The number of benzene rings is 1. The van der Waals surface area contributed by atoms with Crippen LogP contribution in [0, 0.1) is 0 Å². The number of phenolic OH excluding ortho intramolecular Hbond substituents is 1. The van der Waals surface area contributed by atoms with E-state index in [1.165, 1.54) is 4.90 Å². The molecule has 0 aliphatic heterocycles. The summed E-state index contributed by atoms with van der Waals surface area (Å²) in [6, 6.07) is 8.51. The second-order valence-electron chi connectivity index (χ2n) is 6.28. The molecule has 0 atom stereocenters. The number of likely N-dealkylation sites (N-methyl/N-ethyl adjacent to an activating group) is 1. The highest BCUT2D eigenvalue weighted by Gasteiger charge is 2.19. The van der Waals surface area contributed by atoms with Crippen molar-refractivity contribution in [2.24, 2.45) is 0 Å². The predicted molar refractivity (Wildman–Crippen MR) is 87.8 cm³/mol. The third-order valence-corrected chi connectivity index (χ3v) is 3.03. The second-order valence-corrected chi connectivity index (χ2v) is 6.28. The van der Waals surface area contributed by atoms with E-state index in [1.807, 2.05) is 26.8 Å². The number of aromatic hydroxyl groups is 1. The van der Waals surface area contributed by atoms with Gasteiger partial charge in [0.05, 0.1) is 12.1 Å². The summed E-state index contributed by atoms with van der Waals surface area (Å²) in [5.41, 5.74) is 0.221. The lowest BCUT2D eigenvalue weighted by molar-refractivity contribution is 0.0277. The van der Waals surface area contributed by atoms with Crippen LogP contribution in [0.25, 0.3) is 10.9 Å². The lowest BCUT2D eigenvalue weighted by Gasteiger charge is -2.24. The first-order valence-corrected chi connectivity index (χ1v) is 7.41. The van der Waals surface area contributed by atoms with E-state index in [1.54, 1.807) is 31.3 Å². The van der Waals surface area contributed by atoms with Gasteiger partial charge in [0.1, 0.15) is 18.0 Å². The topological polar surface area (TPSA) is 71.9 Å². The number of hydrogen-bond acceptors (Lipinski definition) is 5. The van der Waals surface area contributed by atoms with Crippen molar-refractivity contribution < 1.29 is 19.4 Å². The van der Waals surface area contributed by atoms with Crippen molar-refractivity contribution in [2.45, 2.75) is 26.4 Å². The number of rotatable bonds is 4. The molecular formula is C17H22N2O4. The molecule has 1 aromatic carbocycles. The lowest BCUT2D eigenvalue weighted by atomic mass is 10.2. The summed E-state index contributed by atoms with van der Waals surface area (Å²) in [5, 5.41) is 10.3. The smallest absolute Gasteiger partial charge is 0.410 e. The van der Waals surface area contributed by atoms with Crippen molar-refractivity contribution in [3.8, 4) is 11.6 Å². The van der Waals surface area contributed by atoms with Crippen LogP contribution in [0.15, 0.2) is 30.3 Å². The molecule has 2 aromatic rings. The minimum absolute atomic E-state index is 0.201. The third-order valence-electron chi connectivity index (χ3n) is 3.03. The Bertz CT molecular complexity index is 695. The number of hydrogen-bond donors (Lipinski definition) is 1. The van der Waals surface area contributed by atoms with E-state index in [9.17, 15) is 9.90 Å². The van der Waals surface area contributed by atoms with Gasteiger partial charge in [0, 0.05) is 18.5 Å². The molecule has 1 amide bonds. The molecule has 6 nitrogen and oxygen atoms in total. The van der Waals surface area contributed by atoms with Crippen LogP contribution in [0.2, 0.25) is 0 Å². The van der Waals surface area contributed by atoms with Gasteiger partial charge in [-0.1, -0.05) is 0 Å². The summed E-state index contributed by atoms with van der Waals surface area (Å²) in [4.78, 5) is 17.6. The molecule has 0 spiro atoms. The van der Waals surface area contributed by atoms with Gasteiger partial charge in [-0.25, -0.2) is 9.78 Å². The minimum Gasteiger partial charge on any atom is -0.508 e. The average molecular weight is 318 g/mol. The highest BCUT2D eigenvalue weighted by molar-refractivity contribution is 5.80. The van der Waals surface area contributed by atoms with Crippen LogP contribution >= 0.6 is 0 Å². The van der Waals surface area contributed by atoms with Crippen LogP contribution in [-0.4, -0.2) is 46.9 Å². The van der Waals surface area contributed by atoms with Gasteiger partial charge in [-0.05, 0) is 45.0 Å². The maximum atomic E-state index is 11.8. The van der Waals surface area contributed by atoms with E-state index in [-0.39, 0.29) is 11.8 Å². The second kappa shape index (κ2) is 6.73. The number of carbonyl (C=O) groups is 1. The summed E-state index contributed by atoms with van der Waals surface area (Å²) >= 11 is 0. The molecule has 0 bridgehead atoms. The molecule has 2 rings (SSSR count). The Morgan fingerprint density at radius 3 is 2.70 bits per heavy atom. The fourth-order valence-electron chi connectivity index (χ4n) is 1.89. The Morgan fingerprint density at radius 2 is 2.00 bits per heavy atom. The van der Waals surface area contributed by atoms with Gasteiger partial charge in [0.15, 0.2) is 0 Å². The van der Waals surface area contributed by atoms with E-state index >= 15 is 0 Å². The van der Waals surface area contributed by atoms with Gasteiger partial charge in [0.2, 0.25) is 5.88 Å². The van der Waals surface area contributed by atoms with Crippen LogP contribution in [0.5, 0.6) is 11.6 Å². The third kappa shape index (κ3) is 5.02. The highest BCUT2D eigenvalue weighted by Crippen LogP contribution is 2.21. The minimum atomic E-state index is -0.516. The van der Waals surface area contributed by atoms with Gasteiger partial charge in [0.25, 0.3) is 0 Å². The van der Waals surface area contributed by atoms with Gasteiger partial charge >= 0.3 is 6.09 Å².